The molecule has 0 bridgehead atoms. The maximum absolute atomic E-state index is 13.0. The zero-order valence-corrected chi connectivity index (χ0v) is 17.7. The van der Waals surface area contributed by atoms with Crippen LogP contribution in [0.2, 0.25) is 4.34 Å². The molecule has 0 radical (unpaired) electrons. The maximum Gasteiger partial charge on any atom is 0.261 e. The molecule has 28 heavy (non-hydrogen) atoms. The lowest BCUT2D eigenvalue weighted by Gasteiger charge is -2.42. The van der Waals surface area contributed by atoms with Crippen molar-refractivity contribution in [2.75, 3.05) is 40.0 Å². The summed E-state index contributed by atoms with van der Waals surface area (Å²) in [4.78, 5) is 29.2. The molecule has 2 fully saturated rings. The standard InChI is InChI=1S/C19H28ClN3O4S/c1-26-11-15-19(25)22(10-13-2-4-14(21)5-3-13)8-9-23(15)17(24)12-27-18-7-6-16(20)28-18/h6-7,13-15H,2-5,8-12,21H2,1H3. The van der Waals surface area contributed by atoms with Crippen LogP contribution in [-0.4, -0.2) is 73.7 Å². The van der Waals surface area contributed by atoms with Crippen LogP contribution in [0.15, 0.2) is 12.1 Å². The Labute approximate surface area is 174 Å². The molecular formula is C19H28ClN3O4S. The summed E-state index contributed by atoms with van der Waals surface area (Å²) in [5.41, 5.74) is 5.98. The second kappa shape index (κ2) is 9.91. The molecule has 1 aromatic rings. The van der Waals surface area contributed by atoms with E-state index in [1.165, 1.54) is 11.3 Å². The van der Waals surface area contributed by atoms with E-state index in [9.17, 15) is 9.59 Å². The van der Waals surface area contributed by atoms with Crippen LogP contribution in [0.3, 0.4) is 0 Å². The van der Waals surface area contributed by atoms with Crippen molar-refractivity contribution in [3.05, 3.63) is 16.5 Å². The average molecular weight is 430 g/mol. The van der Waals surface area contributed by atoms with Gasteiger partial charge in [-0.15, -0.1) is 0 Å². The van der Waals surface area contributed by atoms with Crippen molar-refractivity contribution in [2.45, 2.75) is 37.8 Å². The number of halogens is 1. The summed E-state index contributed by atoms with van der Waals surface area (Å²) in [6.45, 7) is 1.82. The first-order valence-electron chi connectivity index (χ1n) is 9.69. The van der Waals surface area contributed by atoms with Crippen LogP contribution in [0, 0.1) is 5.92 Å². The number of thiophene rings is 1. The summed E-state index contributed by atoms with van der Waals surface area (Å²) >= 11 is 7.15. The predicted octanol–water partition coefficient (Wildman–Crippen LogP) is 1.98. The number of hydrogen-bond acceptors (Lipinski definition) is 6. The lowest BCUT2D eigenvalue weighted by atomic mass is 9.86. The van der Waals surface area contributed by atoms with E-state index in [4.69, 9.17) is 26.8 Å². The van der Waals surface area contributed by atoms with Gasteiger partial charge in [-0.25, -0.2) is 0 Å². The Morgan fingerprint density at radius 1 is 1.29 bits per heavy atom. The molecule has 0 aromatic carbocycles. The lowest BCUT2D eigenvalue weighted by molar-refractivity contribution is -0.155. The molecule has 156 valence electrons. The molecule has 2 aliphatic rings. The molecular weight excluding hydrogens is 402 g/mol. The van der Waals surface area contributed by atoms with Gasteiger partial charge in [0.1, 0.15) is 6.04 Å². The van der Waals surface area contributed by atoms with Gasteiger partial charge < -0.3 is 25.0 Å². The van der Waals surface area contributed by atoms with Crippen LogP contribution in [0.5, 0.6) is 5.06 Å². The zero-order chi connectivity index (χ0) is 20.1. The van der Waals surface area contributed by atoms with E-state index < -0.39 is 6.04 Å². The summed E-state index contributed by atoms with van der Waals surface area (Å²) in [7, 11) is 1.54. The van der Waals surface area contributed by atoms with Gasteiger partial charge in [-0.1, -0.05) is 22.9 Å². The molecule has 2 N–H and O–H groups in total. The van der Waals surface area contributed by atoms with Crippen LogP contribution >= 0.6 is 22.9 Å². The van der Waals surface area contributed by atoms with Gasteiger partial charge in [-0.2, -0.15) is 0 Å². The number of methoxy groups -OCH3 is 1. The third-order valence-electron chi connectivity index (χ3n) is 5.49. The number of ether oxygens (including phenoxy) is 2. The highest BCUT2D eigenvalue weighted by molar-refractivity contribution is 7.17. The fourth-order valence-electron chi connectivity index (χ4n) is 3.91. The highest BCUT2D eigenvalue weighted by Crippen LogP contribution is 2.28. The highest BCUT2D eigenvalue weighted by Gasteiger charge is 2.38. The second-order valence-corrected chi connectivity index (χ2v) is 9.15. The Balaban J connectivity index is 1.57. The third kappa shape index (κ3) is 5.37. The van der Waals surface area contributed by atoms with Crippen LogP contribution in [0.25, 0.3) is 0 Å². The monoisotopic (exact) mass is 429 g/mol. The van der Waals surface area contributed by atoms with Crippen molar-refractivity contribution in [3.8, 4) is 5.06 Å². The van der Waals surface area contributed by atoms with Crippen LogP contribution < -0.4 is 10.5 Å². The number of rotatable bonds is 7. The van der Waals surface area contributed by atoms with Gasteiger partial charge >= 0.3 is 0 Å². The minimum atomic E-state index is -0.604. The minimum absolute atomic E-state index is 0.0458. The first-order chi connectivity index (χ1) is 13.5. The molecule has 1 aliphatic carbocycles. The van der Waals surface area contributed by atoms with Crippen LogP contribution in [0.4, 0.5) is 0 Å². The van der Waals surface area contributed by atoms with E-state index in [0.29, 0.717) is 34.4 Å². The van der Waals surface area contributed by atoms with Gasteiger partial charge in [-0.05, 0) is 43.7 Å². The first kappa shape index (κ1) is 21.4. The Morgan fingerprint density at radius 3 is 2.68 bits per heavy atom. The summed E-state index contributed by atoms with van der Waals surface area (Å²) in [6, 6.07) is 3.14. The molecule has 2 heterocycles. The molecule has 1 aromatic heterocycles. The van der Waals surface area contributed by atoms with Crippen molar-refractivity contribution in [1.82, 2.24) is 9.80 Å². The van der Waals surface area contributed by atoms with E-state index in [1.54, 1.807) is 24.1 Å². The molecule has 9 heteroatoms. The second-order valence-electron chi connectivity index (χ2n) is 7.47. The first-order valence-corrected chi connectivity index (χ1v) is 10.9. The van der Waals surface area contributed by atoms with Crippen molar-refractivity contribution in [2.24, 2.45) is 11.7 Å². The van der Waals surface area contributed by atoms with Crippen molar-refractivity contribution in [1.29, 1.82) is 0 Å². The number of piperazine rings is 1. The number of hydrogen-bond donors (Lipinski definition) is 1. The van der Waals surface area contributed by atoms with E-state index in [0.717, 1.165) is 32.2 Å². The molecule has 2 amide bonds. The van der Waals surface area contributed by atoms with Gasteiger partial charge in [0, 0.05) is 32.8 Å². The summed E-state index contributed by atoms with van der Waals surface area (Å²) in [5.74, 6) is 0.222. The highest BCUT2D eigenvalue weighted by atomic mass is 35.5. The summed E-state index contributed by atoms with van der Waals surface area (Å²) < 4.78 is 11.4. The van der Waals surface area contributed by atoms with Gasteiger partial charge in [0.25, 0.3) is 5.91 Å². The smallest absolute Gasteiger partial charge is 0.261 e. The summed E-state index contributed by atoms with van der Waals surface area (Å²) in [6.07, 6.45) is 4.14. The number of nitrogens with zero attached hydrogens (tertiary/aromatic N) is 2. The van der Waals surface area contributed by atoms with E-state index >= 15 is 0 Å². The van der Waals surface area contributed by atoms with E-state index in [1.807, 2.05) is 4.90 Å². The van der Waals surface area contributed by atoms with E-state index in [2.05, 4.69) is 0 Å². The number of carbonyl (C=O) groups excluding carboxylic acids is 2. The largest absolute Gasteiger partial charge is 0.474 e. The topological polar surface area (TPSA) is 85.1 Å². The van der Waals surface area contributed by atoms with Gasteiger partial charge in [0.2, 0.25) is 5.91 Å². The Bertz CT molecular complexity index is 678. The Kier molecular flexibility index (Phi) is 7.56. The third-order valence-corrected chi connectivity index (χ3v) is 6.63. The number of carbonyl (C=O) groups is 2. The Morgan fingerprint density at radius 2 is 2.04 bits per heavy atom. The number of amides is 2. The van der Waals surface area contributed by atoms with Crippen LogP contribution in [0.1, 0.15) is 25.7 Å². The predicted molar refractivity (Wildman–Crippen MR) is 109 cm³/mol. The molecule has 1 saturated carbocycles. The molecule has 7 nitrogen and oxygen atoms in total. The zero-order valence-electron chi connectivity index (χ0n) is 16.1. The average Bonchev–Trinajstić information content (AvgIpc) is 3.10. The Hall–Kier alpha value is -1.35. The van der Waals surface area contributed by atoms with Crippen molar-refractivity contribution < 1.29 is 19.1 Å². The molecule has 1 saturated heterocycles. The quantitative estimate of drug-likeness (QED) is 0.716. The normalized spacial score (nSPS) is 25.8. The van der Waals surface area contributed by atoms with Gasteiger partial charge in [0.05, 0.1) is 10.9 Å². The molecule has 3 rings (SSSR count). The van der Waals surface area contributed by atoms with Crippen LogP contribution in [-0.2, 0) is 14.3 Å². The van der Waals surface area contributed by atoms with Crippen molar-refractivity contribution in [3.63, 3.8) is 0 Å². The summed E-state index contributed by atoms with van der Waals surface area (Å²) in [5, 5.41) is 0.585. The fourth-order valence-corrected chi connectivity index (χ4v) is 4.78. The minimum Gasteiger partial charge on any atom is -0.474 e. The lowest BCUT2D eigenvalue weighted by Crippen LogP contribution is -2.61. The van der Waals surface area contributed by atoms with E-state index in [-0.39, 0.29) is 25.0 Å². The molecule has 1 aliphatic heterocycles. The van der Waals surface area contributed by atoms with Gasteiger partial charge in [-0.3, -0.25) is 9.59 Å². The SMILES string of the molecule is COCC1C(=O)N(CC2CCC(N)CC2)CCN1C(=O)COc1ccc(Cl)s1. The van der Waals surface area contributed by atoms with Gasteiger partial charge in [0.15, 0.2) is 11.7 Å². The molecule has 0 spiro atoms. The maximum atomic E-state index is 13.0. The number of nitrogens with two attached hydrogens (primary N) is 1. The molecule has 1 atom stereocenters. The molecule has 1 unspecified atom stereocenters. The fraction of sp³-hybridized carbons (Fsp3) is 0.684. The van der Waals surface area contributed by atoms with Crippen molar-refractivity contribution >= 4 is 34.8 Å².